The molecule has 29 heavy (non-hydrogen) atoms. The molecule has 3 amide bonds. The van der Waals surface area contributed by atoms with E-state index in [1.807, 2.05) is 29.5 Å². The molecular formula is C21H33N5O3. The van der Waals surface area contributed by atoms with Gasteiger partial charge in [0.05, 0.1) is 49.3 Å². The number of hydrogen-bond donors (Lipinski definition) is 2. The number of hydrogen-bond acceptors (Lipinski definition) is 4. The van der Waals surface area contributed by atoms with Crippen molar-refractivity contribution in [1.82, 2.24) is 25.3 Å². The monoisotopic (exact) mass is 403 g/mol. The minimum absolute atomic E-state index is 0.00150. The number of nitrogens with one attached hydrogen (secondary N) is 2. The third-order valence-electron chi connectivity index (χ3n) is 6.39. The number of ether oxygens (including phenoxy) is 1. The first-order valence-electron chi connectivity index (χ1n) is 11.0. The van der Waals surface area contributed by atoms with Crippen molar-refractivity contribution in [3.05, 3.63) is 17.5 Å². The van der Waals surface area contributed by atoms with Crippen LogP contribution in [0.1, 0.15) is 63.8 Å². The lowest BCUT2D eigenvalue weighted by Crippen LogP contribution is -2.43. The molecule has 4 rings (SSSR count). The van der Waals surface area contributed by atoms with Crippen LogP contribution in [-0.4, -0.2) is 51.4 Å². The molecule has 1 unspecified atom stereocenters. The number of nitrogens with zero attached hydrogens (tertiary/aromatic N) is 3. The van der Waals surface area contributed by atoms with Gasteiger partial charge in [0.1, 0.15) is 0 Å². The number of urea groups is 1. The van der Waals surface area contributed by atoms with Crippen molar-refractivity contribution in [3.63, 3.8) is 0 Å². The second-order valence-electron chi connectivity index (χ2n) is 9.05. The van der Waals surface area contributed by atoms with E-state index in [-0.39, 0.29) is 29.5 Å². The van der Waals surface area contributed by atoms with Crippen LogP contribution in [0.2, 0.25) is 0 Å². The van der Waals surface area contributed by atoms with E-state index in [4.69, 9.17) is 4.74 Å². The van der Waals surface area contributed by atoms with Gasteiger partial charge >= 0.3 is 6.03 Å². The van der Waals surface area contributed by atoms with E-state index in [0.717, 1.165) is 30.7 Å². The predicted molar refractivity (Wildman–Crippen MR) is 108 cm³/mol. The number of rotatable bonds is 4. The van der Waals surface area contributed by atoms with Gasteiger partial charge in [-0.25, -0.2) is 4.79 Å². The molecule has 2 aliphatic heterocycles. The molecule has 1 saturated carbocycles. The molecule has 2 fully saturated rings. The van der Waals surface area contributed by atoms with Gasteiger partial charge in [0, 0.05) is 12.5 Å². The summed E-state index contributed by atoms with van der Waals surface area (Å²) in [6.07, 6.45) is 6.89. The Bertz CT molecular complexity index is 753. The lowest BCUT2D eigenvalue weighted by molar-refractivity contribution is -0.136. The van der Waals surface area contributed by atoms with Crippen molar-refractivity contribution in [2.75, 3.05) is 13.2 Å². The average molecular weight is 404 g/mol. The molecule has 1 aromatic heterocycles. The third kappa shape index (κ3) is 4.57. The fourth-order valence-corrected chi connectivity index (χ4v) is 4.85. The van der Waals surface area contributed by atoms with Gasteiger partial charge < -0.3 is 20.3 Å². The molecule has 8 nitrogen and oxygen atoms in total. The molecule has 0 aromatic carbocycles. The average Bonchev–Trinajstić information content (AvgIpc) is 3.29. The summed E-state index contributed by atoms with van der Waals surface area (Å²) in [5.74, 6) is 0.174. The molecule has 160 valence electrons. The molecule has 0 bridgehead atoms. The predicted octanol–water partition coefficient (Wildman–Crippen LogP) is 2.17. The summed E-state index contributed by atoms with van der Waals surface area (Å²) in [5.41, 5.74) is 1.84. The van der Waals surface area contributed by atoms with E-state index < -0.39 is 0 Å². The SMILES string of the molecule is CC(C)C(=O)N1CCn2nc(CNC(=O)NC3COC4(CCCCC4)C3)cc2C1. The van der Waals surface area contributed by atoms with Gasteiger partial charge in [-0.15, -0.1) is 0 Å². The largest absolute Gasteiger partial charge is 0.373 e. The number of carbonyl (C=O) groups is 2. The minimum Gasteiger partial charge on any atom is -0.373 e. The molecule has 0 radical (unpaired) electrons. The summed E-state index contributed by atoms with van der Waals surface area (Å²) < 4.78 is 8.01. The van der Waals surface area contributed by atoms with Gasteiger partial charge in [0.15, 0.2) is 0 Å². The molecule has 1 aromatic rings. The Kier molecular flexibility index (Phi) is 5.81. The first-order chi connectivity index (χ1) is 13.9. The summed E-state index contributed by atoms with van der Waals surface area (Å²) in [6.45, 7) is 6.79. The van der Waals surface area contributed by atoms with Crippen LogP contribution in [0.5, 0.6) is 0 Å². The Balaban J connectivity index is 1.25. The smallest absolute Gasteiger partial charge is 0.315 e. The van der Waals surface area contributed by atoms with Crippen molar-refractivity contribution in [3.8, 4) is 0 Å². The first-order valence-corrected chi connectivity index (χ1v) is 11.0. The molecule has 2 N–H and O–H groups in total. The van der Waals surface area contributed by atoms with Gasteiger partial charge in [0.2, 0.25) is 5.91 Å². The lowest BCUT2D eigenvalue weighted by Gasteiger charge is -2.32. The highest BCUT2D eigenvalue weighted by Gasteiger charge is 2.41. The van der Waals surface area contributed by atoms with E-state index in [9.17, 15) is 9.59 Å². The highest BCUT2D eigenvalue weighted by molar-refractivity contribution is 5.78. The molecule has 3 aliphatic rings. The maximum Gasteiger partial charge on any atom is 0.315 e. The Hall–Kier alpha value is -2.09. The second-order valence-corrected chi connectivity index (χ2v) is 9.05. The normalized spacial score (nSPS) is 23.3. The van der Waals surface area contributed by atoms with Crippen LogP contribution in [0.25, 0.3) is 0 Å². The van der Waals surface area contributed by atoms with Gasteiger partial charge in [-0.2, -0.15) is 5.10 Å². The molecular weight excluding hydrogens is 370 g/mol. The molecule has 1 saturated heterocycles. The second kappa shape index (κ2) is 8.34. The van der Waals surface area contributed by atoms with Crippen LogP contribution in [0.3, 0.4) is 0 Å². The maximum atomic E-state index is 12.3. The minimum atomic E-state index is -0.172. The number of carbonyl (C=O) groups excluding carboxylic acids is 2. The van der Waals surface area contributed by atoms with Crippen LogP contribution in [-0.2, 0) is 29.2 Å². The number of amides is 3. The van der Waals surface area contributed by atoms with Crippen LogP contribution >= 0.6 is 0 Å². The van der Waals surface area contributed by atoms with E-state index in [1.54, 1.807) is 0 Å². The van der Waals surface area contributed by atoms with E-state index in [0.29, 0.717) is 32.8 Å². The zero-order valence-corrected chi connectivity index (χ0v) is 17.6. The van der Waals surface area contributed by atoms with Gasteiger partial charge in [-0.3, -0.25) is 9.48 Å². The quantitative estimate of drug-likeness (QED) is 0.806. The third-order valence-corrected chi connectivity index (χ3v) is 6.39. The van der Waals surface area contributed by atoms with Crippen molar-refractivity contribution in [2.24, 2.45) is 5.92 Å². The number of fused-ring (bicyclic) bond motifs is 1. The Morgan fingerprint density at radius 2 is 2.07 bits per heavy atom. The number of aromatic nitrogens is 2. The van der Waals surface area contributed by atoms with Crippen LogP contribution in [0, 0.1) is 5.92 Å². The van der Waals surface area contributed by atoms with Crippen LogP contribution in [0.15, 0.2) is 6.07 Å². The van der Waals surface area contributed by atoms with Gasteiger partial charge in [0.25, 0.3) is 0 Å². The topological polar surface area (TPSA) is 88.5 Å². The maximum absolute atomic E-state index is 12.3. The highest BCUT2D eigenvalue weighted by Crippen LogP contribution is 2.39. The summed E-state index contributed by atoms with van der Waals surface area (Å²) in [6, 6.07) is 1.89. The zero-order valence-electron chi connectivity index (χ0n) is 17.6. The van der Waals surface area contributed by atoms with E-state index >= 15 is 0 Å². The molecule has 1 spiro atoms. The molecule has 1 aliphatic carbocycles. The fraction of sp³-hybridized carbons (Fsp3) is 0.762. The lowest BCUT2D eigenvalue weighted by atomic mass is 9.82. The molecule has 8 heteroatoms. The Labute approximate surface area is 172 Å². The van der Waals surface area contributed by atoms with Crippen molar-refractivity contribution < 1.29 is 14.3 Å². The standard InChI is InChI=1S/C21H33N5O3/c1-15(2)19(27)25-8-9-26-18(13-25)10-16(24-26)12-22-20(28)23-17-11-21(29-14-17)6-4-3-5-7-21/h10,15,17H,3-9,11-14H2,1-2H3,(H2,22,23,28). The summed E-state index contributed by atoms with van der Waals surface area (Å²) in [7, 11) is 0. The van der Waals surface area contributed by atoms with Crippen molar-refractivity contribution >= 4 is 11.9 Å². The summed E-state index contributed by atoms with van der Waals surface area (Å²) >= 11 is 0. The summed E-state index contributed by atoms with van der Waals surface area (Å²) in [4.78, 5) is 26.4. The van der Waals surface area contributed by atoms with Crippen LogP contribution < -0.4 is 10.6 Å². The molecule has 1 atom stereocenters. The Morgan fingerprint density at radius 3 is 2.83 bits per heavy atom. The first kappa shape index (κ1) is 20.2. The van der Waals surface area contributed by atoms with Gasteiger partial charge in [-0.1, -0.05) is 33.1 Å². The zero-order chi connectivity index (χ0) is 20.4. The Morgan fingerprint density at radius 1 is 1.28 bits per heavy atom. The fourth-order valence-electron chi connectivity index (χ4n) is 4.85. The van der Waals surface area contributed by atoms with E-state index in [1.165, 1.54) is 19.3 Å². The summed E-state index contributed by atoms with van der Waals surface area (Å²) in [5, 5.41) is 10.5. The van der Waals surface area contributed by atoms with Gasteiger partial charge in [-0.05, 0) is 25.3 Å². The highest BCUT2D eigenvalue weighted by atomic mass is 16.5. The van der Waals surface area contributed by atoms with E-state index in [2.05, 4.69) is 15.7 Å². The van der Waals surface area contributed by atoms with Crippen LogP contribution in [0.4, 0.5) is 4.79 Å². The van der Waals surface area contributed by atoms with Crippen molar-refractivity contribution in [1.29, 1.82) is 0 Å². The molecule has 3 heterocycles. The van der Waals surface area contributed by atoms with Crippen molar-refractivity contribution in [2.45, 2.75) is 83.6 Å².